The van der Waals surface area contributed by atoms with Gasteiger partial charge in [0.05, 0.1) is 29.9 Å². The topological polar surface area (TPSA) is 156 Å². The van der Waals surface area contributed by atoms with Crippen molar-refractivity contribution in [2.45, 2.75) is 49.2 Å². The molecule has 0 bridgehead atoms. The largest absolute Gasteiger partial charge is 0.459 e. The van der Waals surface area contributed by atoms with E-state index in [0.717, 1.165) is 0 Å². The number of carbonyl (C=O) groups is 3. The fourth-order valence-corrected chi connectivity index (χ4v) is 4.92. The molecule has 2 heterocycles. The number of hydrogen-bond donors (Lipinski definition) is 2. The third-order valence-corrected chi connectivity index (χ3v) is 7.28. The number of hydrogen-bond acceptors (Lipinski definition) is 12. The summed E-state index contributed by atoms with van der Waals surface area (Å²) in [6.07, 6.45) is -9.23. The molecular formula is C34H34O12. The van der Waals surface area contributed by atoms with Crippen LogP contribution in [0.5, 0.6) is 0 Å². The lowest BCUT2D eigenvalue weighted by Crippen LogP contribution is -2.56. The van der Waals surface area contributed by atoms with Gasteiger partial charge in [0.1, 0.15) is 31.0 Å². The van der Waals surface area contributed by atoms with E-state index in [1.165, 1.54) is 18.2 Å². The van der Waals surface area contributed by atoms with Gasteiger partial charge in [-0.05, 0) is 36.4 Å². The zero-order valence-electron chi connectivity index (χ0n) is 24.7. The van der Waals surface area contributed by atoms with Crippen molar-refractivity contribution >= 4 is 17.9 Å². The van der Waals surface area contributed by atoms with Gasteiger partial charge >= 0.3 is 17.9 Å². The summed E-state index contributed by atoms with van der Waals surface area (Å²) in [5.41, 5.74) is 0.694. The van der Waals surface area contributed by atoms with Gasteiger partial charge < -0.3 is 43.4 Å². The Bertz CT molecular complexity index is 1450. The molecule has 0 aliphatic carbocycles. The van der Waals surface area contributed by atoms with Gasteiger partial charge in [-0.15, -0.1) is 6.58 Å². The number of rotatable bonds is 12. The van der Waals surface area contributed by atoms with E-state index in [2.05, 4.69) is 6.58 Å². The molecule has 2 saturated heterocycles. The second kappa shape index (κ2) is 15.7. The van der Waals surface area contributed by atoms with Crippen molar-refractivity contribution in [1.29, 1.82) is 0 Å². The van der Waals surface area contributed by atoms with E-state index in [9.17, 15) is 24.6 Å². The molecule has 8 atom stereocenters. The minimum Gasteiger partial charge on any atom is -0.459 e. The molecular weight excluding hydrogens is 600 g/mol. The highest BCUT2D eigenvalue weighted by Gasteiger charge is 2.53. The van der Waals surface area contributed by atoms with Crippen molar-refractivity contribution in [3.8, 4) is 0 Å². The summed E-state index contributed by atoms with van der Waals surface area (Å²) in [4.78, 5) is 39.3. The van der Waals surface area contributed by atoms with Gasteiger partial charge in [0.2, 0.25) is 0 Å². The molecule has 46 heavy (non-hydrogen) atoms. The van der Waals surface area contributed by atoms with Gasteiger partial charge in [0, 0.05) is 0 Å². The van der Waals surface area contributed by atoms with Crippen molar-refractivity contribution in [1.82, 2.24) is 0 Å². The molecule has 3 aromatic carbocycles. The Balaban J connectivity index is 1.41. The molecule has 242 valence electrons. The van der Waals surface area contributed by atoms with E-state index < -0.39 is 73.7 Å². The van der Waals surface area contributed by atoms with Gasteiger partial charge in [0.25, 0.3) is 0 Å². The molecule has 0 aromatic heterocycles. The molecule has 2 aliphatic heterocycles. The van der Waals surface area contributed by atoms with Crippen LogP contribution in [0.25, 0.3) is 0 Å². The molecule has 12 heteroatoms. The fourth-order valence-electron chi connectivity index (χ4n) is 4.92. The minimum absolute atomic E-state index is 0.0705. The van der Waals surface area contributed by atoms with Crippen LogP contribution in [-0.4, -0.2) is 97.1 Å². The average molecular weight is 635 g/mol. The quantitative estimate of drug-likeness (QED) is 0.171. The van der Waals surface area contributed by atoms with Gasteiger partial charge in [-0.3, -0.25) is 0 Å². The molecule has 0 amide bonds. The summed E-state index contributed by atoms with van der Waals surface area (Å²) in [6, 6.07) is 24.5. The van der Waals surface area contributed by atoms with Crippen LogP contribution in [0.15, 0.2) is 104 Å². The standard InChI is InChI=1S/C34H34O12/c1-2-18-40-33-27(36)26(35)24(19-42-33)43-34-29(46-32(39)23-16-10-5-11-17-23)28(45-31(38)22-14-8-4-9-15-22)25(44-34)20-41-30(37)21-12-6-3-7-13-21/h2-17,24-29,33-36H,1,18-20H2/t24-,25+,26+,27-,28+,29-,33+,34-/m1/s1. The Kier molecular flexibility index (Phi) is 11.3. The SMILES string of the molecule is C=CCO[C@H]1OC[C@@H](O[C@@H]2O[C@@H](COC(=O)c3ccccc3)[C@H](OC(=O)c3ccccc3)[C@H]2OC(=O)c2ccccc2)[C@H](O)[C@H]1O. The van der Waals surface area contributed by atoms with Crippen LogP contribution in [0.4, 0.5) is 0 Å². The Hall–Kier alpha value is -4.43. The fraction of sp³-hybridized carbons (Fsp3) is 0.324. The number of aliphatic hydroxyl groups excluding tert-OH is 2. The lowest BCUT2D eigenvalue weighted by Gasteiger charge is -2.38. The smallest absolute Gasteiger partial charge is 0.338 e. The zero-order chi connectivity index (χ0) is 32.5. The number of carbonyl (C=O) groups excluding carboxylic acids is 3. The molecule has 5 rings (SSSR count). The van der Waals surface area contributed by atoms with Crippen molar-refractivity contribution in [3.05, 3.63) is 120 Å². The first-order valence-electron chi connectivity index (χ1n) is 14.6. The maximum absolute atomic E-state index is 13.3. The monoisotopic (exact) mass is 634 g/mol. The summed E-state index contributed by atoms with van der Waals surface area (Å²) in [6.45, 7) is 2.97. The maximum Gasteiger partial charge on any atom is 0.338 e. The Morgan fingerprint density at radius 1 is 0.739 bits per heavy atom. The van der Waals surface area contributed by atoms with E-state index in [1.807, 2.05) is 0 Å². The Morgan fingerprint density at radius 3 is 1.80 bits per heavy atom. The number of aliphatic hydroxyl groups is 2. The van der Waals surface area contributed by atoms with E-state index >= 15 is 0 Å². The molecule has 0 saturated carbocycles. The summed E-state index contributed by atoms with van der Waals surface area (Å²) >= 11 is 0. The highest BCUT2D eigenvalue weighted by molar-refractivity contribution is 5.91. The molecule has 3 aromatic rings. The summed E-state index contributed by atoms with van der Waals surface area (Å²) in [5.74, 6) is -2.19. The molecule has 0 radical (unpaired) electrons. The first-order chi connectivity index (χ1) is 22.4. The first-order valence-corrected chi connectivity index (χ1v) is 14.6. The minimum atomic E-state index is -1.50. The van der Waals surface area contributed by atoms with Crippen molar-refractivity contribution in [2.24, 2.45) is 0 Å². The van der Waals surface area contributed by atoms with Crippen LogP contribution in [0.2, 0.25) is 0 Å². The average Bonchev–Trinajstić information content (AvgIpc) is 3.40. The Labute approximate surface area is 265 Å². The lowest BCUT2D eigenvalue weighted by atomic mass is 10.0. The summed E-state index contributed by atoms with van der Waals surface area (Å²) in [5, 5.41) is 21.5. The van der Waals surface area contributed by atoms with Gasteiger partial charge in [-0.1, -0.05) is 60.7 Å². The zero-order valence-corrected chi connectivity index (χ0v) is 24.7. The normalized spacial score (nSPS) is 27.3. The van der Waals surface area contributed by atoms with E-state index in [1.54, 1.807) is 78.9 Å². The first kappa shape index (κ1) is 32.9. The second-order valence-electron chi connectivity index (χ2n) is 10.5. The van der Waals surface area contributed by atoms with E-state index in [4.69, 9.17) is 33.2 Å². The maximum atomic E-state index is 13.3. The van der Waals surface area contributed by atoms with Crippen molar-refractivity contribution in [3.63, 3.8) is 0 Å². The summed E-state index contributed by atoms with van der Waals surface area (Å²) in [7, 11) is 0. The van der Waals surface area contributed by atoms with Gasteiger partial charge in [-0.25, -0.2) is 14.4 Å². The van der Waals surface area contributed by atoms with Gasteiger partial charge in [-0.2, -0.15) is 0 Å². The third-order valence-electron chi connectivity index (χ3n) is 7.28. The molecule has 2 aliphatic rings. The molecule has 0 unspecified atom stereocenters. The highest BCUT2D eigenvalue weighted by atomic mass is 16.8. The van der Waals surface area contributed by atoms with Crippen LogP contribution in [0.3, 0.4) is 0 Å². The summed E-state index contributed by atoms with van der Waals surface area (Å²) < 4.78 is 40.2. The highest BCUT2D eigenvalue weighted by Crippen LogP contribution is 2.32. The van der Waals surface area contributed by atoms with Crippen LogP contribution in [0.1, 0.15) is 31.1 Å². The number of ether oxygens (including phenoxy) is 7. The number of esters is 3. The Morgan fingerprint density at radius 2 is 1.26 bits per heavy atom. The van der Waals surface area contributed by atoms with Gasteiger partial charge in [0.15, 0.2) is 24.8 Å². The van der Waals surface area contributed by atoms with Crippen molar-refractivity contribution in [2.75, 3.05) is 19.8 Å². The van der Waals surface area contributed by atoms with Crippen LogP contribution in [-0.2, 0) is 33.2 Å². The second-order valence-corrected chi connectivity index (χ2v) is 10.5. The van der Waals surface area contributed by atoms with Crippen LogP contribution < -0.4 is 0 Å². The van der Waals surface area contributed by atoms with Crippen LogP contribution in [0, 0.1) is 0 Å². The predicted octanol–water partition coefficient (Wildman–Crippen LogP) is 2.69. The lowest BCUT2D eigenvalue weighted by molar-refractivity contribution is -0.300. The van der Waals surface area contributed by atoms with Crippen molar-refractivity contribution < 1.29 is 57.8 Å². The third kappa shape index (κ3) is 8.04. The number of benzene rings is 3. The molecule has 0 spiro atoms. The van der Waals surface area contributed by atoms with E-state index in [0.29, 0.717) is 0 Å². The molecule has 2 fully saturated rings. The van der Waals surface area contributed by atoms with E-state index in [-0.39, 0.29) is 29.9 Å². The van der Waals surface area contributed by atoms with Crippen LogP contribution >= 0.6 is 0 Å². The molecule has 12 nitrogen and oxygen atoms in total. The molecule has 2 N–H and O–H groups in total. The predicted molar refractivity (Wildman–Crippen MR) is 159 cm³/mol.